The predicted molar refractivity (Wildman–Crippen MR) is 69.9 cm³/mol. The van der Waals surface area contributed by atoms with Crippen LogP contribution in [0.3, 0.4) is 0 Å². The molecule has 2 aromatic rings. The van der Waals surface area contributed by atoms with Crippen molar-refractivity contribution in [3.8, 4) is 0 Å². The molecule has 1 N–H and O–H groups in total. The normalized spacial score (nSPS) is 16.6. The quantitative estimate of drug-likeness (QED) is 0.869. The molecular weight excluding hydrogens is 210 g/mol. The summed E-state index contributed by atoms with van der Waals surface area (Å²) in [6.45, 7) is 3.12. The number of rotatable bonds is 4. The van der Waals surface area contributed by atoms with Crippen LogP contribution in [0, 0.1) is 0 Å². The molecule has 0 amide bonds. The Hall–Kier alpha value is -1.61. The lowest BCUT2D eigenvalue weighted by atomic mass is 10.2. The highest BCUT2D eigenvalue weighted by Gasteiger charge is 2.19. The van der Waals surface area contributed by atoms with Gasteiger partial charge in [0.25, 0.3) is 0 Å². The van der Waals surface area contributed by atoms with Crippen molar-refractivity contribution in [3.63, 3.8) is 0 Å². The van der Waals surface area contributed by atoms with Gasteiger partial charge in [-0.1, -0.05) is 11.6 Å². The zero-order valence-corrected chi connectivity index (χ0v) is 10.1. The topological polar surface area (TPSA) is 29.3 Å². The summed E-state index contributed by atoms with van der Waals surface area (Å²) in [5.74, 6) is 0. The van der Waals surface area contributed by atoms with Crippen LogP contribution in [0.1, 0.15) is 25.5 Å². The van der Waals surface area contributed by atoms with E-state index in [1.165, 1.54) is 18.4 Å². The van der Waals surface area contributed by atoms with Crippen LogP contribution in [0.2, 0.25) is 0 Å². The number of hydrogen-bond acceptors (Lipinski definition) is 2. The minimum absolute atomic E-state index is 0.763. The second-order valence-corrected chi connectivity index (χ2v) is 4.78. The van der Waals surface area contributed by atoms with Crippen molar-refractivity contribution in [1.82, 2.24) is 14.7 Å². The number of aromatic nitrogens is 2. The average Bonchev–Trinajstić information content (AvgIpc) is 3.06. The molecule has 0 atom stereocenters. The Morgan fingerprint density at radius 2 is 2.41 bits per heavy atom. The Bertz CT molecular complexity index is 516. The third kappa shape index (κ3) is 2.56. The van der Waals surface area contributed by atoms with Gasteiger partial charge in [0.15, 0.2) is 0 Å². The molecule has 3 heteroatoms. The molecule has 1 aliphatic rings. The highest BCUT2D eigenvalue weighted by atomic mass is 15.0. The molecule has 1 aliphatic carbocycles. The average molecular weight is 227 g/mol. The van der Waals surface area contributed by atoms with Crippen LogP contribution in [0.4, 0.5) is 0 Å². The van der Waals surface area contributed by atoms with E-state index >= 15 is 0 Å². The Labute approximate surface area is 101 Å². The van der Waals surface area contributed by atoms with Gasteiger partial charge in [-0.2, -0.15) is 0 Å². The second kappa shape index (κ2) is 4.34. The summed E-state index contributed by atoms with van der Waals surface area (Å²) in [6, 6.07) is 6.82. The molecule has 0 spiro atoms. The van der Waals surface area contributed by atoms with Crippen molar-refractivity contribution in [2.45, 2.75) is 25.8 Å². The Morgan fingerprint density at radius 3 is 3.18 bits per heavy atom. The van der Waals surface area contributed by atoms with E-state index < -0.39 is 0 Å². The molecular formula is C14H17N3. The highest BCUT2D eigenvalue weighted by molar-refractivity contribution is 5.53. The first-order valence-corrected chi connectivity index (χ1v) is 6.15. The molecule has 3 nitrogen and oxygen atoms in total. The molecule has 88 valence electrons. The molecule has 3 rings (SSSR count). The summed E-state index contributed by atoms with van der Waals surface area (Å²) in [7, 11) is 0. The zero-order chi connectivity index (χ0) is 11.7. The third-order valence-electron chi connectivity index (χ3n) is 3.02. The fourth-order valence-corrected chi connectivity index (χ4v) is 1.92. The van der Waals surface area contributed by atoms with E-state index in [0.717, 1.165) is 23.9 Å². The van der Waals surface area contributed by atoms with Crippen molar-refractivity contribution >= 4 is 11.7 Å². The number of hydrogen-bond donors (Lipinski definition) is 1. The first-order chi connectivity index (χ1) is 8.31. The number of fused-ring (bicyclic) bond motifs is 1. The van der Waals surface area contributed by atoms with Crippen molar-refractivity contribution in [1.29, 1.82) is 0 Å². The minimum atomic E-state index is 0.763. The van der Waals surface area contributed by atoms with Gasteiger partial charge in [-0.05, 0) is 38.0 Å². The first kappa shape index (κ1) is 10.5. The molecule has 17 heavy (non-hydrogen) atoms. The fourth-order valence-electron chi connectivity index (χ4n) is 1.92. The smallest absolute Gasteiger partial charge is 0.137 e. The lowest BCUT2D eigenvalue weighted by molar-refractivity contribution is 0.735. The minimum Gasteiger partial charge on any atom is -0.310 e. The summed E-state index contributed by atoms with van der Waals surface area (Å²) in [6.07, 6.45) is 8.92. The molecule has 2 aromatic heterocycles. The van der Waals surface area contributed by atoms with E-state index in [9.17, 15) is 0 Å². The number of nitrogens with zero attached hydrogens (tertiary/aromatic N) is 2. The SMILES string of the molecule is CC(=Cc1cn2ccccc2n1)CNC1CC1. The summed E-state index contributed by atoms with van der Waals surface area (Å²) < 4.78 is 2.05. The summed E-state index contributed by atoms with van der Waals surface area (Å²) >= 11 is 0. The van der Waals surface area contributed by atoms with Crippen molar-refractivity contribution in [2.75, 3.05) is 6.54 Å². The van der Waals surface area contributed by atoms with Gasteiger partial charge < -0.3 is 9.72 Å². The fraction of sp³-hybridized carbons (Fsp3) is 0.357. The maximum absolute atomic E-state index is 4.55. The molecule has 0 radical (unpaired) electrons. The van der Waals surface area contributed by atoms with Crippen molar-refractivity contribution in [3.05, 3.63) is 41.9 Å². The monoisotopic (exact) mass is 227 g/mol. The molecule has 1 fully saturated rings. The maximum Gasteiger partial charge on any atom is 0.137 e. The standard InChI is InChI=1S/C14H17N3/c1-11(9-15-12-5-6-12)8-13-10-17-7-3-2-4-14(17)16-13/h2-4,7-8,10,12,15H,5-6,9H2,1H3. The first-order valence-electron chi connectivity index (χ1n) is 6.15. The Balaban J connectivity index is 1.75. The molecule has 2 heterocycles. The van der Waals surface area contributed by atoms with Gasteiger partial charge >= 0.3 is 0 Å². The van der Waals surface area contributed by atoms with Gasteiger partial charge in [-0.3, -0.25) is 0 Å². The summed E-state index contributed by atoms with van der Waals surface area (Å²) in [5, 5.41) is 3.51. The molecule has 1 saturated carbocycles. The van der Waals surface area contributed by atoms with Crippen LogP contribution in [-0.2, 0) is 0 Å². The van der Waals surface area contributed by atoms with E-state index in [1.54, 1.807) is 0 Å². The van der Waals surface area contributed by atoms with Crippen LogP contribution in [0.25, 0.3) is 11.7 Å². The molecule has 0 saturated heterocycles. The maximum atomic E-state index is 4.55. The molecule has 0 unspecified atom stereocenters. The van der Waals surface area contributed by atoms with E-state index in [2.05, 4.69) is 29.5 Å². The third-order valence-corrected chi connectivity index (χ3v) is 3.02. The van der Waals surface area contributed by atoms with E-state index in [1.807, 2.05) is 28.8 Å². The Morgan fingerprint density at radius 1 is 1.53 bits per heavy atom. The number of imidazole rings is 1. The van der Waals surface area contributed by atoms with Gasteiger partial charge in [0, 0.05) is 25.0 Å². The Kier molecular flexibility index (Phi) is 2.69. The van der Waals surface area contributed by atoms with Crippen LogP contribution in [0.5, 0.6) is 0 Å². The van der Waals surface area contributed by atoms with E-state index in [4.69, 9.17) is 0 Å². The van der Waals surface area contributed by atoms with E-state index in [0.29, 0.717) is 0 Å². The van der Waals surface area contributed by atoms with Gasteiger partial charge in [0.05, 0.1) is 5.69 Å². The van der Waals surface area contributed by atoms with Gasteiger partial charge in [-0.25, -0.2) is 4.98 Å². The summed E-state index contributed by atoms with van der Waals surface area (Å²) in [5.41, 5.74) is 3.37. The van der Waals surface area contributed by atoms with Crippen LogP contribution >= 0.6 is 0 Å². The van der Waals surface area contributed by atoms with Crippen molar-refractivity contribution in [2.24, 2.45) is 0 Å². The zero-order valence-electron chi connectivity index (χ0n) is 10.1. The number of pyridine rings is 1. The van der Waals surface area contributed by atoms with Crippen LogP contribution in [-0.4, -0.2) is 22.0 Å². The van der Waals surface area contributed by atoms with E-state index in [-0.39, 0.29) is 0 Å². The molecule has 0 aromatic carbocycles. The predicted octanol–water partition coefficient (Wildman–Crippen LogP) is 2.49. The molecule has 0 bridgehead atoms. The number of nitrogens with one attached hydrogen (secondary N) is 1. The highest BCUT2D eigenvalue weighted by Crippen LogP contribution is 2.19. The lowest BCUT2D eigenvalue weighted by Crippen LogP contribution is -2.18. The van der Waals surface area contributed by atoms with Crippen molar-refractivity contribution < 1.29 is 0 Å². The largest absolute Gasteiger partial charge is 0.310 e. The lowest BCUT2D eigenvalue weighted by Gasteiger charge is -2.01. The summed E-state index contributed by atoms with van der Waals surface area (Å²) in [4.78, 5) is 4.55. The van der Waals surface area contributed by atoms with Gasteiger partial charge in [0.1, 0.15) is 5.65 Å². The van der Waals surface area contributed by atoms with Gasteiger partial charge in [0.2, 0.25) is 0 Å². The van der Waals surface area contributed by atoms with Crippen LogP contribution < -0.4 is 5.32 Å². The second-order valence-electron chi connectivity index (χ2n) is 4.78. The van der Waals surface area contributed by atoms with Gasteiger partial charge in [-0.15, -0.1) is 0 Å². The molecule has 0 aliphatic heterocycles. The van der Waals surface area contributed by atoms with Crippen LogP contribution in [0.15, 0.2) is 36.2 Å².